The van der Waals surface area contributed by atoms with Gasteiger partial charge in [-0.15, -0.1) is 0 Å². The number of benzene rings is 3. The lowest BCUT2D eigenvalue weighted by atomic mass is 9.86. The predicted molar refractivity (Wildman–Crippen MR) is 148 cm³/mol. The molecular weight excluding hydrogens is 526 g/mol. The van der Waals surface area contributed by atoms with Gasteiger partial charge in [0.2, 0.25) is 5.82 Å². The van der Waals surface area contributed by atoms with Crippen molar-refractivity contribution in [3.05, 3.63) is 99.6 Å². The smallest absolute Gasteiger partial charge is 0.200 e. The lowest BCUT2D eigenvalue weighted by Crippen LogP contribution is -2.53. The molecular formula is C31H37ClF2O5. The molecule has 1 unspecified atom stereocenters. The van der Waals surface area contributed by atoms with Crippen LogP contribution in [-0.2, 0) is 33.0 Å². The van der Waals surface area contributed by atoms with Gasteiger partial charge in [-0.25, -0.2) is 4.39 Å². The zero-order chi connectivity index (χ0) is 28.6. The molecule has 39 heavy (non-hydrogen) atoms. The van der Waals surface area contributed by atoms with Gasteiger partial charge >= 0.3 is 0 Å². The number of methoxy groups -OCH3 is 2. The van der Waals surface area contributed by atoms with Crippen LogP contribution in [-0.4, -0.2) is 37.6 Å². The standard InChI is InChI=1S/C29H31ClF2O5.C2H6/c1-28(18-33)15-23(36-17-19-7-5-4-6-8-19)16-29(35-3,37-28)22-10-11-24(30)21(14-22)13-20-9-12-25(34-2)27(32)26(20)31;1-2/h4-12,14,23,33H,13,15-18H2,1-3H3;1-2H3/t23?,28-,29+;/m0./s1. The van der Waals surface area contributed by atoms with Crippen LogP contribution in [0.25, 0.3) is 0 Å². The molecule has 1 saturated heterocycles. The van der Waals surface area contributed by atoms with E-state index < -0.39 is 23.0 Å². The summed E-state index contributed by atoms with van der Waals surface area (Å²) < 4.78 is 52.5. The summed E-state index contributed by atoms with van der Waals surface area (Å²) >= 11 is 6.47. The molecule has 0 bridgehead atoms. The third-order valence-corrected chi connectivity index (χ3v) is 7.14. The summed E-state index contributed by atoms with van der Waals surface area (Å²) in [5.74, 6) is -3.45. The molecule has 0 radical (unpaired) electrons. The Morgan fingerprint density at radius 2 is 1.69 bits per heavy atom. The Morgan fingerprint density at radius 3 is 2.33 bits per heavy atom. The number of hydrogen-bond donors (Lipinski definition) is 1. The second kappa shape index (κ2) is 13.7. The molecule has 3 aromatic rings. The Morgan fingerprint density at radius 1 is 0.974 bits per heavy atom. The minimum absolute atomic E-state index is 0.0461. The first-order valence-electron chi connectivity index (χ1n) is 13.0. The minimum atomic E-state index is -1.25. The van der Waals surface area contributed by atoms with Crippen LogP contribution in [0.3, 0.4) is 0 Å². The largest absolute Gasteiger partial charge is 0.494 e. The van der Waals surface area contributed by atoms with Crippen molar-refractivity contribution < 1.29 is 32.8 Å². The van der Waals surface area contributed by atoms with E-state index >= 15 is 0 Å². The SMILES string of the molecule is CC.COc1ccc(Cc2cc([C@@]3(OC)CC(OCc4ccccc4)C[C@@](C)(CO)O3)ccc2Cl)c(F)c1F. The van der Waals surface area contributed by atoms with Crippen molar-refractivity contribution in [2.24, 2.45) is 0 Å². The molecule has 0 spiro atoms. The van der Waals surface area contributed by atoms with Crippen LogP contribution in [0, 0.1) is 11.6 Å². The molecule has 212 valence electrons. The molecule has 1 aliphatic rings. The molecule has 0 amide bonds. The Bertz CT molecular complexity index is 1230. The van der Waals surface area contributed by atoms with Crippen LogP contribution in [0.15, 0.2) is 60.7 Å². The molecule has 0 aromatic heterocycles. The molecule has 5 nitrogen and oxygen atoms in total. The second-order valence-corrected chi connectivity index (χ2v) is 9.94. The summed E-state index contributed by atoms with van der Waals surface area (Å²) in [7, 11) is 2.81. The molecule has 4 rings (SSSR count). The Hall–Kier alpha value is -2.55. The van der Waals surface area contributed by atoms with Gasteiger partial charge in [-0.05, 0) is 41.8 Å². The highest BCUT2D eigenvalue weighted by atomic mass is 35.5. The summed E-state index contributed by atoms with van der Waals surface area (Å²) in [5.41, 5.74) is 1.45. The van der Waals surface area contributed by atoms with Crippen LogP contribution in [0.2, 0.25) is 5.02 Å². The molecule has 0 aliphatic carbocycles. The van der Waals surface area contributed by atoms with Gasteiger partial charge in [0.05, 0.1) is 32.0 Å². The first kappa shape index (κ1) is 31.0. The molecule has 1 N–H and O–H groups in total. The van der Waals surface area contributed by atoms with Gasteiger partial charge < -0.3 is 24.1 Å². The highest BCUT2D eigenvalue weighted by molar-refractivity contribution is 6.31. The summed E-state index contributed by atoms with van der Waals surface area (Å²) in [6, 6.07) is 17.9. The van der Waals surface area contributed by atoms with Crippen molar-refractivity contribution in [1.29, 1.82) is 0 Å². The molecule has 1 aliphatic heterocycles. The van der Waals surface area contributed by atoms with Crippen molar-refractivity contribution in [2.75, 3.05) is 20.8 Å². The van der Waals surface area contributed by atoms with Crippen LogP contribution in [0.5, 0.6) is 5.75 Å². The lowest BCUT2D eigenvalue weighted by molar-refractivity contribution is -0.333. The molecule has 0 saturated carbocycles. The number of aliphatic hydroxyl groups is 1. The number of aliphatic hydroxyl groups excluding tert-OH is 1. The maximum absolute atomic E-state index is 14.7. The van der Waals surface area contributed by atoms with E-state index in [0.717, 1.165) is 5.56 Å². The molecule has 8 heteroatoms. The highest BCUT2D eigenvalue weighted by Gasteiger charge is 2.49. The molecule has 1 fully saturated rings. The first-order valence-corrected chi connectivity index (χ1v) is 13.4. The van der Waals surface area contributed by atoms with E-state index in [9.17, 15) is 13.9 Å². The highest BCUT2D eigenvalue weighted by Crippen LogP contribution is 2.45. The van der Waals surface area contributed by atoms with E-state index in [0.29, 0.717) is 35.6 Å². The molecule has 3 atom stereocenters. The van der Waals surface area contributed by atoms with Crippen LogP contribution in [0.1, 0.15) is 55.9 Å². The number of halogens is 3. The van der Waals surface area contributed by atoms with E-state index in [1.807, 2.05) is 51.1 Å². The van der Waals surface area contributed by atoms with Gasteiger partial charge in [-0.1, -0.05) is 67.9 Å². The molecule has 1 heterocycles. The average Bonchev–Trinajstić information content (AvgIpc) is 2.97. The van der Waals surface area contributed by atoms with Crippen LogP contribution in [0.4, 0.5) is 8.78 Å². The quantitative estimate of drug-likeness (QED) is 0.299. The summed E-state index contributed by atoms with van der Waals surface area (Å²) in [6.45, 7) is 5.98. The number of ether oxygens (including phenoxy) is 4. The van der Waals surface area contributed by atoms with Gasteiger partial charge in [0.15, 0.2) is 17.4 Å². The van der Waals surface area contributed by atoms with E-state index in [-0.39, 0.29) is 30.4 Å². The topological polar surface area (TPSA) is 57.2 Å². The second-order valence-electron chi connectivity index (χ2n) is 9.53. The fourth-order valence-corrected chi connectivity index (χ4v) is 4.96. The van der Waals surface area contributed by atoms with Crippen LogP contribution < -0.4 is 4.74 Å². The van der Waals surface area contributed by atoms with E-state index in [2.05, 4.69) is 0 Å². The Balaban J connectivity index is 0.00000205. The van der Waals surface area contributed by atoms with Crippen molar-refractivity contribution in [3.63, 3.8) is 0 Å². The Labute approximate surface area is 234 Å². The van der Waals surface area contributed by atoms with Gasteiger partial charge in [0.1, 0.15) is 0 Å². The third-order valence-electron chi connectivity index (χ3n) is 6.77. The zero-order valence-electron chi connectivity index (χ0n) is 23.1. The summed E-state index contributed by atoms with van der Waals surface area (Å²) in [6.07, 6.45) is 0.597. The predicted octanol–water partition coefficient (Wildman–Crippen LogP) is 7.19. The fourth-order valence-electron chi connectivity index (χ4n) is 4.78. The Kier molecular flexibility index (Phi) is 10.9. The van der Waals surface area contributed by atoms with Gasteiger partial charge in [-0.3, -0.25) is 0 Å². The van der Waals surface area contributed by atoms with E-state index in [4.69, 9.17) is 30.5 Å². The maximum Gasteiger partial charge on any atom is 0.200 e. The minimum Gasteiger partial charge on any atom is -0.494 e. The van der Waals surface area contributed by atoms with Crippen molar-refractivity contribution in [2.45, 2.75) is 64.1 Å². The average molecular weight is 563 g/mol. The lowest BCUT2D eigenvalue weighted by Gasteiger charge is -2.48. The normalized spacial score (nSPS) is 22.6. The molecule has 3 aromatic carbocycles. The van der Waals surface area contributed by atoms with E-state index in [1.165, 1.54) is 26.4 Å². The number of hydrogen-bond acceptors (Lipinski definition) is 5. The van der Waals surface area contributed by atoms with Crippen molar-refractivity contribution in [1.82, 2.24) is 0 Å². The van der Waals surface area contributed by atoms with E-state index in [1.54, 1.807) is 18.2 Å². The van der Waals surface area contributed by atoms with Crippen LogP contribution >= 0.6 is 11.6 Å². The monoisotopic (exact) mass is 562 g/mol. The summed E-state index contributed by atoms with van der Waals surface area (Å²) in [5, 5.41) is 10.6. The summed E-state index contributed by atoms with van der Waals surface area (Å²) in [4.78, 5) is 0. The third kappa shape index (κ3) is 7.16. The van der Waals surface area contributed by atoms with Crippen molar-refractivity contribution >= 4 is 11.6 Å². The fraction of sp³-hybridized carbons (Fsp3) is 0.419. The maximum atomic E-state index is 14.7. The number of rotatable bonds is 9. The van der Waals surface area contributed by atoms with Gasteiger partial charge in [0, 0.05) is 37.0 Å². The zero-order valence-corrected chi connectivity index (χ0v) is 23.9. The van der Waals surface area contributed by atoms with Gasteiger partial charge in [0.25, 0.3) is 0 Å². The van der Waals surface area contributed by atoms with Crippen molar-refractivity contribution in [3.8, 4) is 5.75 Å². The first-order chi connectivity index (χ1) is 18.7. The van der Waals surface area contributed by atoms with Gasteiger partial charge in [-0.2, -0.15) is 4.39 Å².